The van der Waals surface area contributed by atoms with Crippen LogP contribution in [0.15, 0.2) is 24.3 Å². The Hall–Kier alpha value is -1.32. The Labute approximate surface area is 113 Å². The number of aromatic nitrogens is 1. The van der Waals surface area contributed by atoms with E-state index in [-0.39, 0.29) is 0 Å². The van der Waals surface area contributed by atoms with Crippen LogP contribution in [0.25, 0.3) is 10.9 Å². The standard InChI is InChI=1S/C16H20N2O/c1-19-11-6-8-18-9-7-13-12-4-2-3-5-14(12)17-16(13)15(18)10-11/h2-5,11,15,17H,6-10H2,1H3/t11-,15-/m0/s1. The second kappa shape index (κ2) is 4.36. The molecule has 3 heterocycles. The molecule has 3 heteroatoms. The molecule has 3 nitrogen and oxygen atoms in total. The summed E-state index contributed by atoms with van der Waals surface area (Å²) in [6.45, 7) is 2.36. The average Bonchev–Trinajstić information content (AvgIpc) is 2.85. The van der Waals surface area contributed by atoms with Crippen LogP contribution in [0.1, 0.15) is 30.1 Å². The number of benzene rings is 1. The van der Waals surface area contributed by atoms with Crippen LogP contribution in [0.3, 0.4) is 0 Å². The molecule has 1 fully saturated rings. The van der Waals surface area contributed by atoms with Gasteiger partial charge in [-0.3, -0.25) is 4.90 Å². The molecule has 0 saturated carbocycles. The number of aromatic amines is 1. The van der Waals surface area contributed by atoms with E-state index in [1.807, 2.05) is 7.11 Å². The zero-order chi connectivity index (χ0) is 12.8. The van der Waals surface area contributed by atoms with Crippen LogP contribution in [-0.2, 0) is 11.2 Å². The highest BCUT2D eigenvalue weighted by molar-refractivity contribution is 5.85. The quantitative estimate of drug-likeness (QED) is 0.849. The van der Waals surface area contributed by atoms with E-state index < -0.39 is 0 Å². The second-order valence-electron chi connectivity index (χ2n) is 5.75. The smallest absolute Gasteiger partial charge is 0.0602 e. The first-order chi connectivity index (χ1) is 9.36. The molecule has 1 saturated heterocycles. The van der Waals surface area contributed by atoms with Gasteiger partial charge in [-0.05, 0) is 30.9 Å². The van der Waals surface area contributed by atoms with Crippen LogP contribution in [0.4, 0.5) is 0 Å². The predicted octanol–water partition coefficient (Wildman–Crippen LogP) is 2.88. The Morgan fingerprint density at radius 2 is 2.16 bits per heavy atom. The molecule has 100 valence electrons. The molecule has 0 spiro atoms. The molecule has 0 radical (unpaired) electrons. The molecule has 1 N–H and O–H groups in total. The van der Waals surface area contributed by atoms with Crippen molar-refractivity contribution in [3.05, 3.63) is 35.5 Å². The summed E-state index contributed by atoms with van der Waals surface area (Å²) in [5, 5.41) is 1.41. The first kappa shape index (κ1) is 11.5. The number of ether oxygens (including phenoxy) is 1. The molecular formula is C16H20N2O. The van der Waals surface area contributed by atoms with Crippen LogP contribution in [-0.4, -0.2) is 36.2 Å². The van der Waals surface area contributed by atoms with E-state index in [4.69, 9.17) is 4.74 Å². The van der Waals surface area contributed by atoms with Crippen molar-refractivity contribution >= 4 is 10.9 Å². The number of hydrogen-bond acceptors (Lipinski definition) is 2. The number of H-pyrrole nitrogens is 1. The zero-order valence-corrected chi connectivity index (χ0v) is 11.4. The lowest BCUT2D eigenvalue weighted by Crippen LogP contribution is -2.43. The lowest BCUT2D eigenvalue weighted by atomic mass is 9.89. The van der Waals surface area contributed by atoms with E-state index in [0.717, 1.165) is 13.0 Å². The van der Waals surface area contributed by atoms with Gasteiger partial charge in [-0.1, -0.05) is 18.2 Å². The normalized spacial score (nSPS) is 27.2. The Bertz CT molecular complexity index is 604. The summed E-state index contributed by atoms with van der Waals surface area (Å²) in [5.74, 6) is 0. The molecule has 0 unspecified atom stereocenters. The fraction of sp³-hybridized carbons (Fsp3) is 0.500. The number of rotatable bonds is 1. The number of nitrogens with one attached hydrogen (secondary N) is 1. The maximum absolute atomic E-state index is 5.59. The number of fused-ring (bicyclic) bond motifs is 5. The summed E-state index contributed by atoms with van der Waals surface area (Å²) >= 11 is 0. The van der Waals surface area contributed by atoms with E-state index in [1.54, 1.807) is 0 Å². The van der Waals surface area contributed by atoms with Gasteiger partial charge in [-0.15, -0.1) is 0 Å². The number of hydrogen-bond donors (Lipinski definition) is 1. The van der Waals surface area contributed by atoms with E-state index in [1.165, 1.54) is 41.5 Å². The monoisotopic (exact) mass is 256 g/mol. The Kier molecular flexibility index (Phi) is 2.64. The summed E-state index contributed by atoms with van der Waals surface area (Å²) in [6, 6.07) is 9.21. The molecule has 2 aliphatic rings. The minimum absolute atomic E-state index is 0.415. The number of methoxy groups -OCH3 is 1. The molecule has 4 rings (SSSR count). The highest BCUT2D eigenvalue weighted by Gasteiger charge is 2.35. The fourth-order valence-electron chi connectivity index (χ4n) is 3.79. The molecular weight excluding hydrogens is 236 g/mol. The van der Waals surface area contributed by atoms with Crippen molar-refractivity contribution in [3.8, 4) is 0 Å². The van der Waals surface area contributed by atoms with Crippen molar-refractivity contribution < 1.29 is 4.74 Å². The van der Waals surface area contributed by atoms with Gasteiger partial charge < -0.3 is 9.72 Å². The van der Waals surface area contributed by atoms with Crippen molar-refractivity contribution in [2.24, 2.45) is 0 Å². The molecule has 0 bridgehead atoms. The summed E-state index contributed by atoms with van der Waals surface area (Å²) in [4.78, 5) is 6.28. The molecule has 1 aromatic carbocycles. The molecule has 0 aliphatic carbocycles. The van der Waals surface area contributed by atoms with Crippen LogP contribution in [0.2, 0.25) is 0 Å². The number of nitrogens with zero attached hydrogens (tertiary/aromatic N) is 1. The van der Waals surface area contributed by atoms with Gasteiger partial charge in [0.1, 0.15) is 0 Å². The van der Waals surface area contributed by atoms with E-state index in [0.29, 0.717) is 12.1 Å². The van der Waals surface area contributed by atoms with Crippen molar-refractivity contribution in [2.45, 2.75) is 31.4 Å². The van der Waals surface area contributed by atoms with Crippen LogP contribution in [0.5, 0.6) is 0 Å². The van der Waals surface area contributed by atoms with Crippen molar-refractivity contribution in [2.75, 3.05) is 20.2 Å². The van der Waals surface area contributed by atoms with E-state index >= 15 is 0 Å². The van der Waals surface area contributed by atoms with Crippen LogP contribution in [0, 0.1) is 0 Å². The minimum Gasteiger partial charge on any atom is -0.381 e. The second-order valence-corrected chi connectivity index (χ2v) is 5.75. The van der Waals surface area contributed by atoms with Crippen LogP contribution < -0.4 is 0 Å². The van der Waals surface area contributed by atoms with E-state index in [9.17, 15) is 0 Å². The summed E-state index contributed by atoms with van der Waals surface area (Å²) in [7, 11) is 1.84. The lowest BCUT2D eigenvalue weighted by Gasteiger charge is -2.41. The predicted molar refractivity (Wildman–Crippen MR) is 76.3 cm³/mol. The minimum atomic E-state index is 0.415. The van der Waals surface area contributed by atoms with Gasteiger partial charge in [0.05, 0.1) is 12.1 Å². The van der Waals surface area contributed by atoms with Crippen molar-refractivity contribution in [1.29, 1.82) is 0 Å². The highest BCUT2D eigenvalue weighted by atomic mass is 16.5. The Morgan fingerprint density at radius 3 is 3.05 bits per heavy atom. The SMILES string of the molecule is CO[C@H]1CCN2CCc3c([nH]c4ccccc34)[C@@H]2C1. The third kappa shape index (κ3) is 1.72. The van der Waals surface area contributed by atoms with Crippen molar-refractivity contribution in [1.82, 2.24) is 9.88 Å². The highest BCUT2D eigenvalue weighted by Crippen LogP contribution is 2.39. The van der Waals surface area contributed by atoms with Gasteiger partial charge in [0, 0.05) is 36.8 Å². The third-order valence-corrected chi connectivity index (χ3v) is 4.83. The molecule has 2 aliphatic heterocycles. The summed E-state index contributed by atoms with van der Waals surface area (Å²) in [5.41, 5.74) is 4.26. The fourth-order valence-corrected chi connectivity index (χ4v) is 3.79. The number of para-hydroxylation sites is 1. The third-order valence-electron chi connectivity index (χ3n) is 4.83. The zero-order valence-electron chi connectivity index (χ0n) is 11.4. The summed E-state index contributed by atoms with van der Waals surface area (Å²) < 4.78 is 5.59. The maximum atomic E-state index is 5.59. The molecule has 1 aromatic heterocycles. The Morgan fingerprint density at radius 1 is 1.26 bits per heavy atom. The van der Waals surface area contributed by atoms with Crippen molar-refractivity contribution in [3.63, 3.8) is 0 Å². The van der Waals surface area contributed by atoms with Gasteiger partial charge in [0.25, 0.3) is 0 Å². The van der Waals surface area contributed by atoms with Gasteiger partial charge in [0.2, 0.25) is 0 Å². The molecule has 2 aromatic rings. The molecule has 19 heavy (non-hydrogen) atoms. The van der Waals surface area contributed by atoms with Gasteiger partial charge in [-0.25, -0.2) is 0 Å². The van der Waals surface area contributed by atoms with Gasteiger partial charge >= 0.3 is 0 Å². The first-order valence-electron chi connectivity index (χ1n) is 7.23. The van der Waals surface area contributed by atoms with Gasteiger partial charge in [0.15, 0.2) is 0 Å². The summed E-state index contributed by atoms with van der Waals surface area (Å²) in [6.07, 6.45) is 3.88. The Balaban J connectivity index is 1.80. The topological polar surface area (TPSA) is 28.3 Å². The largest absolute Gasteiger partial charge is 0.381 e. The first-order valence-corrected chi connectivity index (χ1v) is 7.23. The molecule has 0 amide bonds. The maximum Gasteiger partial charge on any atom is 0.0602 e. The number of piperidine rings is 1. The van der Waals surface area contributed by atoms with Crippen LogP contribution >= 0.6 is 0 Å². The lowest BCUT2D eigenvalue weighted by molar-refractivity contribution is 0.00572. The molecule has 2 atom stereocenters. The average molecular weight is 256 g/mol. The van der Waals surface area contributed by atoms with Gasteiger partial charge in [-0.2, -0.15) is 0 Å². The van der Waals surface area contributed by atoms with E-state index in [2.05, 4.69) is 34.1 Å².